The molecule has 17 heavy (non-hydrogen) atoms. The van der Waals surface area contributed by atoms with E-state index in [2.05, 4.69) is 4.98 Å². The Morgan fingerprint density at radius 3 is 2.88 bits per heavy atom. The first kappa shape index (κ1) is 12.0. The molecular weight excluding hydrogens is 262 g/mol. The number of carbonyl (C=O) groups is 1. The van der Waals surface area contributed by atoms with Gasteiger partial charge < -0.3 is 9.52 Å². The van der Waals surface area contributed by atoms with Crippen LogP contribution in [0.2, 0.25) is 5.02 Å². The fourth-order valence-electron chi connectivity index (χ4n) is 1.23. The second-order valence-electron chi connectivity index (χ2n) is 3.30. The Morgan fingerprint density at radius 2 is 2.29 bits per heavy atom. The summed E-state index contributed by atoms with van der Waals surface area (Å²) in [4.78, 5) is 15.6. The summed E-state index contributed by atoms with van der Waals surface area (Å²) in [5, 5.41) is 9.90. The Balaban J connectivity index is 2.37. The van der Waals surface area contributed by atoms with Gasteiger partial charge in [-0.25, -0.2) is 9.78 Å². The van der Waals surface area contributed by atoms with Crippen LogP contribution < -0.4 is 0 Å². The molecule has 0 saturated heterocycles. The largest absolute Gasteiger partial charge is 0.478 e. The molecular formula is C11H8ClNO3S. The molecule has 0 aliphatic heterocycles. The lowest BCUT2D eigenvalue weighted by Crippen LogP contribution is -1.98. The van der Waals surface area contributed by atoms with Crippen molar-refractivity contribution >= 4 is 29.3 Å². The highest BCUT2D eigenvalue weighted by Crippen LogP contribution is 2.31. The molecule has 0 amide bonds. The van der Waals surface area contributed by atoms with Crippen molar-refractivity contribution in [3.05, 3.63) is 40.7 Å². The second-order valence-corrected chi connectivity index (χ2v) is 4.73. The van der Waals surface area contributed by atoms with Crippen molar-refractivity contribution in [2.45, 2.75) is 17.0 Å². The van der Waals surface area contributed by atoms with Gasteiger partial charge in [-0.3, -0.25) is 0 Å². The molecule has 0 unspecified atom stereocenters. The van der Waals surface area contributed by atoms with Crippen molar-refractivity contribution in [2.24, 2.45) is 0 Å². The summed E-state index contributed by atoms with van der Waals surface area (Å²) in [6.07, 6.45) is 1.51. The molecule has 0 bridgehead atoms. The molecule has 0 spiro atoms. The summed E-state index contributed by atoms with van der Waals surface area (Å²) in [5.74, 6) is -1.01. The standard InChI is InChI=1S/C11H8ClNO3S/c1-6-5-16-11(13-6)17-9-4-7(12)2-3-8(9)10(14)15/h2-5H,1H3,(H,14,15). The molecule has 0 fully saturated rings. The first-order valence-electron chi connectivity index (χ1n) is 4.69. The number of aromatic carboxylic acids is 1. The molecule has 0 atom stereocenters. The molecule has 0 saturated carbocycles. The highest BCUT2D eigenvalue weighted by Gasteiger charge is 2.14. The maximum atomic E-state index is 11.0. The number of hydrogen-bond donors (Lipinski definition) is 1. The third kappa shape index (κ3) is 2.81. The van der Waals surface area contributed by atoms with E-state index in [1.165, 1.54) is 18.4 Å². The molecule has 1 N–H and O–H groups in total. The monoisotopic (exact) mass is 269 g/mol. The highest BCUT2D eigenvalue weighted by molar-refractivity contribution is 7.99. The van der Waals surface area contributed by atoms with E-state index in [9.17, 15) is 4.79 Å². The molecule has 1 aromatic heterocycles. The zero-order valence-corrected chi connectivity index (χ0v) is 10.4. The molecule has 2 rings (SSSR count). The van der Waals surface area contributed by atoms with Crippen molar-refractivity contribution in [3.8, 4) is 0 Å². The Hall–Kier alpha value is -1.46. The Morgan fingerprint density at radius 1 is 1.53 bits per heavy atom. The molecule has 6 heteroatoms. The zero-order chi connectivity index (χ0) is 12.4. The van der Waals surface area contributed by atoms with Crippen molar-refractivity contribution in [1.29, 1.82) is 0 Å². The number of rotatable bonds is 3. The van der Waals surface area contributed by atoms with Gasteiger partial charge in [0.15, 0.2) is 0 Å². The molecule has 1 heterocycles. The van der Waals surface area contributed by atoms with Crippen molar-refractivity contribution < 1.29 is 14.3 Å². The lowest BCUT2D eigenvalue weighted by molar-refractivity contribution is 0.0693. The van der Waals surface area contributed by atoms with Gasteiger partial charge in [0.05, 0.1) is 11.3 Å². The van der Waals surface area contributed by atoms with Crippen LogP contribution in [0.25, 0.3) is 0 Å². The third-order valence-electron chi connectivity index (χ3n) is 1.97. The van der Waals surface area contributed by atoms with Crippen molar-refractivity contribution in [2.75, 3.05) is 0 Å². The number of halogens is 1. The summed E-state index contributed by atoms with van der Waals surface area (Å²) in [6.45, 7) is 1.80. The van der Waals surface area contributed by atoms with Crippen LogP contribution in [0, 0.1) is 6.92 Å². The number of carboxylic acid groups (broad SMARTS) is 1. The summed E-state index contributed by atoms with van der Waals surface area (Å²) in [5.41, 5.74) is 0.918. The van der Waals surface area contributed by atoms with Gasteiger partial charge in [-0.2, -0.15) is 0 Å². The van der Waals surface area contributed by atoms with Gasteiger partial charge in [0.2, 0.25) is 0 Å². The number of oxazole rings is 1. The van der Waals surface area contributed by atoms with E-state index in [0.717, 1.165) is 17.5 Å². The Kier molecular flexibility index (Phi) is 3.40. The fraction of sp³-hybridized carbons (Fsp3) is 0.0909. The van der Waals surface area contributed by atoms with Crippen LogP contribution in [-0.4, -0.2) is 16.1 Å². The minimum Gasteiger partial charge on any atom is -0.478 e. The van der Waals surface area contributed by atoms with Crippen LogP contribution in [0.4, 0.5) is 0 Å². The van der Waals surface area contributed by atoms with E-state index < -0.39 is 5.97 Å². The zero-order valence-electron chi connectivity index (χ0n) is 8.81. The molecule has 0 aliphatic carbocycles. The number of aromatic nitrogens is 1. The van der Waals surface area contributed by atoms with Gasteiger partial charge in [-0.1, -0.05) is 11.6 Å². The van der Waals surface area contributed by atoms with Gasteiger partial charge in [-0.15, -0.1) is 0 Å². The molecule has 0 radical (unpaired) electrons. The normalized spacial score (nSPS) is 10.5. The van der Waals surface area contributed by atoms with Crippen LogP contribution in [0.5, 0.6) is 0 Å². The Bertz CT molecular complexity index is 568. The van der Waals surface area contributed by atoms with E-state index >= 15 is 0 Å². The summed E-state index contributed by atoms with van der Waals surface area (Å²) in [6, 6.07) is 4.58. The van der Waals surface area contributed by atoms with E-state index in [-0.39, 0.29) is 5.56 Å². The van der Waals surface area contributed by atoms with E-state index in [1.54, 1.807) is 13.0 Å². The van der Waals surface area contributed by atoms with E-state index in [1.807, 2.05) is 0 Å². The van der Waals surface area contributed by atoms with Crippen LogP contribution in [0.15, 0.2) is 39.0 Å². The third-order valence-corrected chi connectivity index (χ3v) is 3.12. The molecule has 0 aliphatic rings. The SMILES string of the molecule is Cc1coc(Sc2cc(Cl)ccc2C(=O)O)n1. The first-order valence-corrected chi connectivity index (χ1v) is 5.88. The van der Waals surface area contributed by atoms with Gasteiger partial charge in [0, 0.05) is 9.92 Å². The average Bonchev–Trinajstić information content (AvgIpc) is 2.63. The van der Waals surface area contributed by atoms with Crippen LogP contribution in [0.3, 0.4) is 0 Å². The van der Waals surface area contributed by atoms with Crippen molar-refractivity contribution in [1.82, 2.24) is 4.98 Å². The summed E-state index contributed by atoms with van der Waals surface area (Å²) in [7, 11) is 0. The molecule has 2 aromatic rings. The van der Waals surface area contributed by atoms with E-state index in [4.69, 9.17) is 21.1 Å². The number of benzene rings is 1. The average molecular weight is 270 g/mol. The van der Waals surface area contributed by atoms with Crippen LogP contribution in [-0.2, 0) is 0 Å². The number of nitrogens with zero attached hydrogens (tertiary/aromatic N) is 1. The van der Waals surface area contributed by atoms with Crippen LogP contribution in [0.1, 0.15) is 16.1 Å². The number of hydrogen-bond acceptors (Lipinski definition) is 4. The smallest absolute Gasteiger partial charge is 0.336 e. The summed E-state index contributed by atoms with van der Waals surface area (Å²) < 4.78 is 5.16. The van der Waals surface area contributed by atoms with Crippen molar-refractivity contribution in [3.63, 3.8) is 0 Å². The maximum Gasteiger partial charge on any atom is 0.336 e. The highest BCUT2D eigenvalue weighted by atomic mass is 35.5. The maximum absolute atomic E-state index is 11.0. The Labute approximate surface area is 107 Å². The van der Waals surface area contributed by atoms with E-state index in [0.29, 0.717) is 15.1 Å². The first-order chi connectivity index (χ1) is 8.06. The fourth-order valence-corrected chi connectivity index (χ4v) is 2.39. The minimum atomic E-state index is -1.01. The van der Waals surface area contributed by atoms with Gasteiger partial charge in [0.25, 0.3) is 5.22 Å². The second kappa shape index (κ2) is 4.81. The molecule has 1 aromatic carbocycles. The minimum absolute atomic E-state index is 0.176. The molecule has 4 nitrogen and oxygen atoms in total. The number of carboxylic acids is 1. The topological polar surface area (TPSA) is 63.3 Å². The quantitative estimate of drug-likeness (QED) is 0.924. The molecule has 88 valence electrons. The summed E-state index contributed by atoms with van der Waals surface area (Å²) >= 11 is 6.97. The van der Waals surface area contributed by atoms with Gasteiger partial charge >= 0.3 is 5.97 Å². The predicted molar refractivity (Wildman–Crippen MR) is 63.8 cm³/mol. The van der Waals surface area contributed by atoms with Gasteiger partial charge in [-0.05, 0) is 36.9 Å². The van der Waals surface area contributed by atoms with Crippen LogP contribution >= 0.6 is 23.4 Å². The lowest BCUT2D eigenvalue weighted by atomic mass is 10.2. The lowest BCUT2D eigenvalue weighted by Gasteiger charge is -2.03. The number of aryl methyl sites for hydroxylation is 1. The van der Waals surface area contributed by atoms with Gasteiger partial charge in [0.1, 0.15) is 6.26 Å². The predicted octanol–water partition coefficient (Wildman–Crippen LogP) is 3.49.